The Bertz CT molecular complexity index is 1170. The van der Waals surface area contributed by atoms with E-state index in [-0.39, 0.29) is 22.2 Å². The second kappa shape index (κ2) is 14.0. The molecule has 2 aliphatic rings. The summed E-state index contributed by atoms with van der Waals surface area (Å²) < 4.78 is 0. The summed E-state index contributed by atoms with van der Waals surface area (Å²) in [5.74, 6) is 0.102. The van der Waals surface area contributed by atoms with Crippen LogP contribution < -0.4 is 9.80 Å². The van der Waals surface area contributed by atoms with Gasteiger partial charge in [-0.1, -0.05) is 0 Å². The van der Waals surface area contributed by atoms with Crippen LogP contribution in [0.3, 0.4) is 0 Å². The first kappa shape index (κ1) is 30.0. The summed E-state index contributed by atoms with van der Waals surface area (Å²) in [6.45, 7) is 4.70. The summed E-state index contributed by atoms with van der Waals surface area (Å²) >= 11 is 0. The summed E-state index contributed by atoms with van der Waals surface area (Å²) in [6.07, 6.45) is 5.03. The molecule has 1 amide bonds. The summed E-state index contributed by atoms with van der Waals surface area (Å²) in [5.41, 5.74) is 4.30. The summed E-state index contributed by atoms with van der Waals surface area (Å²) in [5, 5.41) is 21.6. The molecule has 0 spiro atoms. The fraction of sp³-hybridized carbons (Fsp3) is 0.536. The molecule has 0 unspecified atom stereocenters. The first-order chi connectivity index (χ1) is 18.6. The minimum atomic E-state index is -0.396. The first-order valence-electron chi connectivity index (χ1n) is 13.5. The van der Waals surface area contributed by atoms with Crippen molar-refractivity contribution in [2.45, 2.75) is 38.5 Å². The number of hydrogen-bond acceptors (Lipinski definition) is 8. The summed E-state index contributed by atoms with van der Waals surface area (Å²) in [4.78, 5) is 41.3. The van der Waals surface area contributed by atoms with Crippen LogP contribution in [-0.4, -0.2) is 86.5 Å². The van der Waals surface area contributed by atoms with E-state index in [1.54, 1.807) is 29.2 Å². The number of amides is 1. The Morgan fingerprint density at radius 3 is 1.87 bits per heavy atom. The molecule has 0 saturated carbocycles. The molecule has 0 aromatic heterocycles. The van der Waals surface area contributed by atoms with Crippen molar-refractivity contribution >= 4 is 28.7 Å². The predicted molar refractivity (Wildman–Crippen MR) is 154 cm³/mol. The molecule has 39 heavy (non-hydrogen) atoms. The number of hydrogen-bond donors (Lipinski definition) is 0. The Kier molecular flexibility index (Phi) is 10.8. The lowest BCUT2D eigenvalue weighted by Crippen LogP contribution is -2.36. The Morgan fingerprint density at radius 1 is 0.769 bits per heavy atom. The van der Waals surface area contributed by atoms with Crippen LogP contribution >= 0.6 is 0 Å². The van der Waals surface area contributed by atoms with Gasteiger partial charge in [0.2, 0.25) is 5.91 Å². The minimum Gasteiger partial charge on any atom is -0.371 e. The van der Waals surface area contributed by atoms with Crippen LogP contribution in [0.1, 0.15) is 36.8 Å². The van der Waals surface area contributed by atoms with Gasteiger partial charge in [-0.15, -0.1) is 0 Å². The van der Waals surface area contributed by atoms with Crippen LogP contribution in [0.25, 0.3) is 0 Å². The van der Waals surface area contributed by atoms with Gasteiger partial charge in [0.15, 0.2) is 0 Å². The van der Waals surface area contributed by atoms with Gasteiger partial charge < -0.3 is 19.6 Å². The van der Waals surface area contributed by atoms with E-state index >= 15 is 0 Å². The standard InChI is InChI=1S/C14H19N3O3.C14H21N3O2/c1-15(2)8-3-9-16-13-6-5-12(17(19)20)10-11(13)4-7-14(16)18;1-15(2)8-4-10-16-9-3-5-12-11-13(17(18)19)6-7-14(12)16/h5-6,10H,3-4,7-9H2,1-2H3;6-7,11H,3-5,8-10H2,1-2H3. The van der Waals surface area contributed by atoms with Crippen molar-refractivity contribution in [3.8, 4) is 0 Å². The highest BCUT2D eigenvalue weighted by atomic mass is 16.6. The van der Waals surface area contributed by atoms with Crippen LogP contribution in [0.15, 0.2) is 36.4 Å². The molecule has 2 aromatic rings. The number of carbonyl (C=O) groups excluding carboxylic acids is 1. The van der Waals surface area contributed by atoms with Gasteiger partial charge in [0.05, 0.1) is 9.85 Å². The number of benzene rings is 2. The van der Waals surface area contributed by atoms with Gasteiger partial charge >= 0.3 is 0 Å². The van der Waals surface area contributed by atoms with E-state index in [1.165, 1.54) is 11.8 Å². The highest BCUT2D eigenvalue weighted by Gasteiger charge is 2.25. The highest BCUT2D eigenvalue weighted by Crippen LogP contribution is 2.32. The maximum atomic E-state index is 12.0. The number of nitro groups is 2. The van der Waals surface area contributed by atoms with Gasteiger partial charge in [0, 0.05) is 61.7 Å². The van der Waals surface area contributed by atoms with Crippen molar-refractivity contribution in [2.75, 3.05) is 70.7 Å². The van der Waals surface area contributed by atoms with E-state index < -0.39 is 4.92 Å². The molecule has 212 valence electrons. The van der Waals surface area contributed by atoms with E-state index in [9.17, 15) is 25.0 Å². The smallest absolute Gasteiger partial charge is 0.269 e. The zero-order chi connectivity index (χ0) is 28.5. The molecule has 2 heterocycles. The third-order valence-electron chi connectivity index (χ3n) is 6.98. The molecule has 4 rings (SSSR count). The van der Waals surface area contributed by atoms with Gasteiger partial charge in [-0.3, -0.25) is 25.0 Å². The molecule has 2 aromatic carbocycles. The molecule has 0 saturated heterocycles. The Hall–Kier alpha value is -3.57. The zero-order valence-electron chi connectivity index (χ0n) is 23.5. The third kappa shape index (κ3) is 8.46. The van der Waals surface area contributed by atoms with Crippen LogP contribution in [0.2, 0.25) is 0 Å². The molecule has 0 aliphatic carbocycles. The molecule has 11 heteroatoms. The maximum absolute atomic E-state index is 12.0. The number of aryl methyl sites for hydroxylation is 2. The van der Waals surface area contributed by atoms with E-state index in [4.69, 9.17) is 0 Å². The number of anilines is 2. The second-order valence-corrected chi connectivity index (χ2v) is 10.6. The van der Waals surface area contributed by atoms with Crippen LogP contribution in [0.4, 0.5) is 22.7 Å². The van der Waals surface area contributed by atoms with Gasteiger partial charge in [-0.25, -0.2) is 0 Å². The van der Waals surface area contributed by atoms with Crippen LogP contribution in [-0.2, 0) is 17.6 Å². The van der Waals surface area contributed by atoms with Crippen molar-refractivity contribution < 1.29 is 14.6 Å². The van der Waals surface area contributed by atoms with Crippen LogP contribution in [0, 0.1) is 20.2 Å². The largest absolute Gasteiger partial charge is 0.371 e. The Balaban J connectivity index is 0.000000216. The summed E-state index contributed by atoms with van der Waals surface area (Å²) in [6, 6.07) is 10.00. The summed E-state index contributed by atoms with van der Waals surface area (Å²) in [7, 11) is 8.14. The van der Waals surface area contributed by atoms with Crippen LogP contribution in [0.5, 0.6) is 0 Å². The fourth-order valence-corrected chi connectivity index (χ4v) is 5.04. The molecular formula is C28H40N6O5. The average molecular weight is 541 g/mol. The normalized spacial score (nSPS) is 14.6. The molecule has 0 fully saturated rings. The number of rotatable bonds is 10. The number of carbonyl (C=O) groups is 1. The van der Waals surface area contributed by atoms with E-state index in [0.717, 1.165) is 68.7 Å². The van der Waals surface area contributed by atoms with Gasteiger partial charge in [0.1, 0.15) is 0 Å². The lowest BCUT2D eigenvalue weighted by Gasteiger charge is -2.31. The molecule has 0 radical (unpaired) electrons. The quantitative estimate of drug-likeness (QED) is 0.326. The Labute approximate surface area is 230 Å². The van der Waals surface area contributed by atoms with Gasteiger partial charge in [0.25, 0.3) is 11.4 Å². The number of non-ortho nitro benzene ring substituents is 2. The van der Waals surface area contributed by atoms with Gasteiger partial charge in [-0.05, 0) is 96.6 Å². The fourth-order valence-electron chi connectivity index (χ4n) is 5.04. The lowest BCUT2D eigenvalue weighted by atomic mass is 10.00. The van der Waals surface area contributed by atoms with E-state index in [0.29, 0.717) is 19.4 Å². The van der Waals surface area contributed by atoms with Crippen molar-refractivity contribution in [3.05, 3.63) is 67.8 Å². The second-order valence-electron chi connectivity index (χ2n) is 10.6. The SMILES string of the molecule is CN(C)CCCN1C(=O)CCc2cc([N+](=O)[O-])ccc21.CN(C)CCCN1CCCc2cc([N+](=O)[O-])ccc21. The van der Waals surface area contributed by atoms with Gasteiger partial charge in [-0.2, -0.15) is 0 Å². The third-order valence-corrected chi connectivity index (χ3v) is 6.98. The van der Waals surface area contributed by atoms with Crippen molar-refractivity contribution in [1.29, 1.82) is 0 Å². The maximum Gasteiger partial charge on any atom is 0.269 e. The average Bonchev–Trinajstić information content (AvgIpc) is 2.89. The molecule has 0 N–H and O–H groups in total. The zero-order valence-corrected chi connectivity index (χ0v) is 23.5. The lowest BCUT2D eigenvalue weighted by molar-refractivity contribution is -0.385. The predicted octanol–water partition coefficient (Wildman–Crippen LogP) is 4.12. The monoisotopic (exact) mass is 540 g/mol. The van der Waals surface area contributed by atoms with Crippen molar-refractivity contribution in [3.63, 3.8) is 0 Å². The minimum absolute atomic E-state index is 0.0892. The number of nitro benzene ring substituents is 2. The van der Waals surface area contributed by atoms with Crippen molar-refractivity contribution in [2.24, 2.45) is 0 Å². The first-order valence-corrected chi connectivity index (χ1v) is 13.5. The molecule has 2 aliphatic heterocycles. The molecule has 0 atom stereocenters. The molecule has 0 bridgehead atoms. The Morgan fingerprint density at radius 2 is 1.31 bits per heavy atom. The molecule has 11 nitrogen and oxygen atoms in total. The highest BCUT2D eigenvalue weighted by molar-refractivity contribution is 5.96. The van der Waals surface area contributed by atoms with Crippen molar-refractivity contribution in [1.82, 2.24) is 9.80 Å². The number of fused-ring (bicyclic) bond motifs is 2. The van der Waals surface area contributed by atoms with E-state index in [1.807, 2.05) is 20.2 Å². The van der Waals surface area contributed by atoms with E-state index in [2.05, 4.69) is 28.8 Å². The topological polar surface area (TPSA) is 116 Å². The number of nitrogens with zero attached hydrogens (tertiary/aromatic N) is 6. The molecular weight excluding hydrogens is 500 g/mol.